The van der Waals surface area contributed by atoms with Gasteiger partial charge in [0.05, 0.1) is 22.5 Å². The third-order valence-electron chi connectivity index (χ3n) is 2.18. The van der Waals surface area contributed by atoms with Crippen LogP contribution in [-0.2, 0) is 4.74 Å². The monoisotopic (exact) mass is 290 g/mol. The molecule has 1 unspecified atom stereocenters. The Morgan fingerprint density at radius 3 is 2.88 bits per heavy atom. The first-order valence-corrected chi connectivity index (χ1v) is 5.81. The summed E-state index contributed by atoms with van der Waals surface area (Å²) in [7, 11) is 1.66. The molecular formula is C11H16BrFN2O. The van der Waals surface area contributed by atoms with E-state index in [4.69, 9.17) is 10.5 Å². The summed E-state index contributed by atoms with van der Waals surface area (Å²) in [6, 6.07) is 2.94. The van der Waals surface area contributed by atoms with Gasteiger partial charge in [0.25, 0.3) is 0 Å². The van der Waals surface area contributed by atoms with Gasteiger partial charge in [-0.2, -0.15) is 0 Å². The fraction of sp³-hybridized carbons (Fsp3) is 0.455. The summed E-state index contributed by atoms with van der Waals surface area (Å²) in [6.07, 6.45) is 0. The van der Waals surface area contributed by atoms with Crippen molar-refractivity contribution in [1.29, 1.82) is 0 Å². The van der Waals surface area contributed by atoms with E-state index in [-0.39, 0.29) is 5.82 Å². The summed E-state index contributed by atoms with van der Waals surface area (Å²) in [5.74, 6) is 0.0206. The minimum absolute atomic E-state index is 0.323. The zero-order valence-corrected chi connectivity index (χ0v) is 11.0. The van der Waals surface area contributed by atoms with Crippen molar-refractivity contribution in [3.63, 3.8) is 0 Å². The van der Waals surface area contributed by atoms with Crippen LogP contribution in [0.4, 0.5) is 15.8 Å². The molecule has 0 aliphatic carbocycles. The number of rotatable bonds is 5. The Morgan fingerprint density at radius 2 is 2.25 bits per heavy atom. The maximum absolute atomic E-state index is 13.3. The zero-order chi connectivity index (χ0) is 12.1. The Bertz CT molecular complexity index is 360. The Labute approximate surface area is 103 Å². The number of benzene rings is 1. The molecule has 3 N–H and O–H groups in total. The molecule has 0 bridgehead atoms. The number of nitrogens with one attached hydrogen (secondary N) is 1. The molecule has 0 spiro atoms. The van der Waals surface area contributed by atoms with Gasteiger partial charge in [-0.3, -0.25) is 0 Å². The summed E-state index contributed by atoms with van der Waals surface area (Å²) < 4.78 is 18.7. The summed E-state index contributed by atoms with van der Waals surface area (Å²) in [5, 5.41) is 3.10. The Balaban J connectivity index is 2.63. The second-order valence-corrected chi connectivity index (χ2v) is 4.65. The lowest BCUT2D eigenvalue weighted by atomic mass is 10.2. The topological polar surface area (TPSA) is 47.3 Å². The SMILES string of the molecule is COCC(C)CNc1cc(F)c(Br)cc1N. The van der Waals surface area contributed by atoms with Crippen LogP contribution < -0.4 is 11.1 Å². The zero-order valence-electron chi connectivity index (χ0n) is 9.39. The number of hydrogen-bond acceptors (Lipinski definition) is 3. The molecule has 1 rings (SSSR count). The minimum atomic E-state index is -0.323. The average molecular weight is 291 g/mol. The second-order valence-electron chi connectivity index (χ2n) is 3.79. The molecule has 0 saturated carbocycles. The van der Waals surface area contributed by atoms with E-state index in [0.717, 1.165) is 0 Å². The number of nitrogens with two attached hydrogens (primary N) is 1. The van der Waals surface area contributed by atoms with Crippen molar-refractivity contribution < 1.29 is 9.13 Å². The smallest absolute Gasteiger partial charge is 0.139 e. The van der Waals surface area contributed by atoms with Gasteiger partial charge >= 0.3 is 0 Å². The Kier molecular flexibility index (Phi) is 5.02. The fourth-order valence-electron chi connectivity index (χ4n) is 1.34. The van der Waals surface area contributed by atoms with Crippen molar-refractivity contribution >= 4 is 27.3 Å². The number of halogens is 2. The molecule has 5 heteroatoms. The van der Waals surface area contributed by atoms with Crippen molar-refractivity contribution in [2.75, 3.05) is 31.3 Å². The van der Waals surface area contributed by atoms with Crippen LogP contribution in [0.3, 0.4) is 0 Å². The summed E-state index contributed by atoms with van der Waals surface area (Å²) >= 11 is 3.08. The van der Waals surface area contributed by atoms with Crippen molar-refractivity contribution in [1.82, 2.24) is 0 Å². The van der Waals surface area contributed by atoms with Gasteiger partial charge < -0.3 is 15.8 Å². The summed E-state index contributed by atoms with van der Waals surface area (Å²) in [6.45, 7) is 3.40. The van der Waals surface area contributed by atoms with Gasteiger partial charge in [0.2, 0.25) is 0 Å². The molecule has 0 aromatic heterocycles. The highest BCUT2D eigenvalue weighted by atomic mass is 79.9. The van der Waals surface area contributed by atoms with Crippen LogP contribution >= 0.6 is 15.9 Å². The van der Waals surface area contributed by atoms with E-state index in [2.05, 4.69) is 21.2 Å². The Hall–Kier alpha value is -0.810. The first kappa shape index (κ1) is 13.3. The van der Waals surface area contributed by atoms with Crippen LogP contribution in [0.25, 0.3) is 0 Å². The van der Waals surface area contributed by atoms with Gasteiger partial charge in [-0.1, -0.05) is 6.92 Å². The number of nitrogen functional groups attached to an aromatic ring is 1. The maximum atomic E-state index is 13.3. The van der Waals surface area contributed by atoms with Gasteiger partial charge in [-0.15, -0.1) is 0 Å². The quantitative estimate of drug-likeness (QED) is 0.820. The molecule has 0 saturated heterocycles. The van der Waals surface area contributed by atoms with Crippen molar-refractivity contribution in [2.45, 2.75) is 6.92 Å². The largest absolute Gasteiger partial charge is 0.397 e. The minimum Gasteiger partial charge on any atom is -0.397 e. The second kappa shape index (κ2) is 6.06. The van der Waals surface area contributed by atoms with Crippen LogP contribution in [0.1, 0.15) is 6.92 Å². The third-order valence-corrected chi connectivity index (χ3v) is 2.79. The lowest BCUT2D eigenvalue weighted by molar-refractivity contribution is 0.164. The molecule has 16 heavy (non-hydrogen) atoms. The van der Waals surface area contributed by atoms with Gasteiger partial charge in [0, 0.05) is 19.7 Å². The highest BCUT2D eigenvalue weighted by molar-refractivity contribution is 9.10. The molecule has 1 aromatic carbocycles. The van der Waals surface area contributed by atoms with E-state index in [0.29, 0.717) is 34.9 Å². The van der Waals surface area contributed by atoms with E-state index >= 15 is 0 Å². The molecular weight excluding hydrogens is 275 g/mol. The van der Waals surface area contributed by atoms with E-state index in [1.54, 1.807) is 13.2 Å². The molecule has 1 atom stereocenters. The van der Waals surface area contributed by atoms with E-state index in [1.165, 1.54) is 6.07 Å². The summed E-state index contributed by atoms with van der Waals surface area (Å²) in [5.41, 5.74) is 6.90. The lowest BCUT2D eigenvalue weighted by Gasteiger charge is -2.14. The Morgan fingerprint density at radius 1 is 1.56 bits per heavy atom. The predicted molar refractivity (Wildman–Crippen MR) is 68.0 cm³/mol. The molecule has 0 amide bonds. The molecule has 3 nitrogen and oxygen atoms in total. The maximum Gasteiger partial charge on any atom is 0.139 e. The number of anilines is 2. The molecule has 90 valence electrons. The van der Waals surface area contributed by atoms with Crippen molar-refractivity contribution in [3.05, 3.63) is 22.4 Å². The standard InChI is InChI=1S/C11H16BrFN2O/c1-7(6-16-2)5-15-11-4-9(13)8(12)3-10(11)14/h3-4,7,15H,5-6,14H2,1-2H3. The van der Waals surface area contributed by atoms with Crippen LogP contribution in [-0.4, -0.2) is 20.3 Å². The number of hydrogen-bond donors (Lipinski definition) is 2. The first-order chi connectivity index (χ1) is 7.54. The molecule has 0 radical (unpaired) electrons. The first-order valence-electron chi connectivity index (χ1n) is 5.02. The van der Waals surface area contributed by atoms with Crippen LogP contribution in [0.5, 0.6) is 0 Å². The summed E-state index contributed by atoms with van der Waals surface area (Å²) in [4.78, 5) is 0. The molecule has 0 heterocycles. The third kappa shape index (κ3) is 3.64. The average Bonchev–Trinajstić information content (AvgIpc) is 2.22. The van der Waals surface area contributed by atoms with E-state index < -0.39 is 0 Å². The fourth-order valence-corrected chi connectivity index (χ4v) is 1.70. The van der Waals surface area contributed by atoms with Crippen LogP contribution in [0.15, 0.2) is 16.6 Å². The highest BCUT2D eigenvalue weighted by Crippen LogP contribution is 2.26. The highest BCUT2D eigenvalue weighted by Gasteiger charge is 2.07. The molecule has 1 aromatic rings. The van der Waals surface area contributed by atoms with E-state index in [1.807, 2.05) is 6.92 Å². The lowest BCUT2D eigenvalue weighted by Crippen LogP contribution is -2.16. The predicted octanol–water partition coefficient (Wildman–Crippen LogP) is 2.86. The number of ether oxygens (including phenoxy) is 1. The van der Waals surface area contributed by atoms with Crippen molar-refractivity contribution in [3.8, 4) is 0 Å². The van der Waals surface area contributed by atoms with Gasteiger partial charge in [-0.05, 0) is 27.9 Å². The van der Waals surface area contributed by atoms with Crippen LogP contribution in [0, 0.1) is 11.7 Å². The normalized spacial score (nSPS) is 12.5. The van der Waals surface area contributed by atoms with Gasteiger partial charge in [0.1, 0.15) is 5.82 Å². The number of methoxy groups -OCH3 is 1. The molecule has 0 fully saturated rings. The van der Waals surface area contributed by atoms with Gasteiger partial charge in [0.15, 0.2) is 0 Å². The van der Waals surface area contributed by atoms with Crippen LogP contribution in [0.2, 0.25) is 0 Å². The van der Waals surface area contributed by atoms with E-state index in [9.17, 15) is 4.39 Å². The molecule has 0 aliphatic heterocycles. The molecule has 0 aliphatic rings. The van der Waals surface area contributed by atoms with Gasteiger partial charge in [-0.25, -0.2) is 4.39 Å². The van der Waals surface area contributed by atoms with Crippen molar-refractivity contribution in [2.24, 2.45) is 5.92 Å².